The number of nitrogens with zero attached hydrogens (tertiary/aromatic N) is 2. The minimum atomic E-state index is -4.00. The van der Waals surface area contributed by atoms with Gasteiger partial charge in [0.15, 0.2) is 0 Å². The maximum Gasteiger partial charge on any atom is 0.339 e. The highest BCUT2D eigenvalue weighted by Gasteiger charge is 2.41. The number of halogens is 1. The Morgan fingerprint density at radius 2 is 1.46 bits per heavy atom. The molecule has 28 heavy (non-hydrogen) atoms. The van der Waals surface area contributed by atoms with Crippen LogP contribution in [0.2, 0.25) is 0 Å². The Balaban J connectivity index is 1.78. The number of carbonyl (C=O) groups is 1. The fourth-order valence-corrected chi connectivity index (χ4v) is 4.78. The molecule has 5 nitrogen and oxygen atoms in total. The molecule has 0 aliphatic carbocycles. The number of amides is 2. The van der Waals surface area contributed by atoms with Crippen molar-refractivity contribution in [1.82, 2.24) is 4.31 Å². The van der Waals surface area contributed by atoms with Crippen molar-refractivity contribution in [3.63, 3.8) is 0 Å². The van der Waals surface area contributed by atoms with E-state index in [1.165, 1.54) is 23.1 Å². The minimum Gasteiger partial charge on any atom is -0.288 e. The van der Waals surface area contributed by atoms with E-state index in [1.54, 1.807) is 54.6 Å². The van der Waals surface area contributed by atoms with Gasteiger partial charge in [-0.2, -0.15) is 0 Å². The molecule has 1 aliphatic rings. The second-order valence-electron chi connectivity index (χ2n) is 6.46. The zero-order chi connectivity index (χ0) is 19.7. The third-order valence-corrected chi connectivity index (χ3v) is 6.33. The third kappa shape index (κ3) is 3.25. The van der Waals surface area contributed by atoms with Gasteiger partial charge in [-0.3, -0.25) is 4.90 Å². The lowest BCUT2D eigenvalue weighted by Gasteiger charge is -2.36. The summed E-state index contributed by atoms with van der Waals surface area (Å²) in [5, 5.41) is 0. The highest BCUT2D eigenvalue weighted by atomic mass is 32.2. The molecule has 142 valence electrons. The molecule has 1 aliphatic heterocycles. The van der Waals surface area contributed by atoms with Crippen molar-refractivity contribution in [2.45, 2.75) is 18.0 Å². The fraction of sp³-hybridized carbons (Fsp3) is 0.0952. The molecule has 0 spiro atoms. The first-order valence-corrected chi connectivity index (χ1v) is 10.1. The average molecular weight is 396 g/mol. The standard InChI is InChI=1S/C21H17FN2O3S/c22-18-10-6-9-17(13-18)14-23-19-11-4-5-12-20(19)28(26,27)24(21(23)25)15-16-7-2-1-3-8-16/h1-13H,14-15H2. The number of anilines is 1. The molecule has 0 fully saturated rings. The molecule has 4 rings (SSSR count). The van der Waals surface area contributed by atoms with Crippen molar-refractivity contribution in [1.29, 1.82) is 0 Å². The van der Waals surface area contributed by atoms with E-state index in [9.17, 15) is 17.6 Å². The van der Waals surface area contributed by atoms with Gasteiger partial charge in [-0.25, -0.2) is 21.9 Å². The van der Waals surface area contributed by atoms with Crippen LogP contribution in [0.3, 0.4) is 0 Å². The monoisotopic (exact) mass is 396 g/mol. The Morgan fingerprint density at radius 3 is 2.21 bits per heavy atom. The molecule has 0 saturated carbocycles. The van der Waals surface area contributed by atoms with E-state index in [2.05, 4.69) is 0 Å². The van der Waals surface area contributed by atoms with E-state index in [1.807, 2.05) is 6.07 Å². The summed E-state index contributed by atoms with van der Waals surface area (Å²) in [7, 11) is -4.00. The molecule has 0 radical (unpaired) electrons. The zero-order valence-electron chi connectivity index (χ0n) is 14.8. The predicted octanol–water partition coefficient (Wildman–Crippen LogP) is 4.16. The molecular weight excluding hydrogens is 379 g/mol. The van der Waals surface area contributed by atoms with Crippen molar-refractivity contribution in [3.05, 3.63) is 95.8 Å². The number of para-hydroxylation sites is 1. The van der Waals surface area contributed by atoms with Gasteiger partial charge in [-0.05, 0) is 35.4 Å². The van der Waals surface area contributed by atoms with Crippen LogP contribution in [-0.2, 0) is 23.1 Å². The number of benzene rings is 3. The van der Waals surface area contributed by atoms with Gasteiger partial charge in [0.1, 0.15) is 10.7 Å². The van der Waals surface area contributed by atoms with Crippen LogP contribution in [0.4, 0.5) is 14.9 Å². The Labute approximate surface area is 162 Å². The molecule has 1 heterocycles. The molecule has 2 amide bonds. The number of urea groups is 1. The van der Waals surface area contributed by atoms with Crippen molar-refractivity contribution >= 4 is 21.7 Å². The molecule has 0 atom stereocenters. The summed E-state index contributed by atoms with van der Waals surface area (Å²) in [6.45, 7) is -0.00952. The van der Waals surface area contributed by atoms with Gasteiger partial charge in [-0.1, -0.05) is 54.6 Å². The van der Waals surface area contributed by atoms with E-state index in [0.29, 0.717) is 16.8 Å². The Morgan fingerprint density at radius 1 is 0.786 bits per heavy atom. The van der Waals surface area contributed by atoms with Crippen LogP contribution >= 0.6 is 0 Å². The predicted molar refractivity (Wildman–Crippen MR) is 104 cm³/mol. The van der Waals surface area contributed by atoms with Crippen LogP contribution in [0.5, 0.6) is 0 Å². The Bertz CT molecular complexity index is 1130. The quantitative estimate of drug-likeness (QED) is 0.666. The number of rotatable bonds is 4. The third-order valence-electron chi connectivity index (χ3n) is 4.57. The molecule has 0 saturated heterocycles. The summed E-state index contributed by atoms with van der Waals surface area (Å²) >= 11 is 0. The number of carbonyl (C=O) groups excluding carboxylic acids is 1. The molecular formula is C21H17FN2O3S. The molecule has 0 unspecified atom stereocenters. The lowest BCUT2D eigenvalue weighted by atomic mass is 10.2. The second-order valence-corrected chi connectivity index (χ2v) is 8.29. The Kier molecular flexibility index (Phi) is 4.60. The number of hydrogen-bond donors (Lipinski definition) is 0. The van der Waals surface area contributed by atoms with Crippen molar-refractivity contribution in [3.8, 4) is 0 Å². The topological polar surface area (TPSA) is 57.7 Å². The SMILES string of the molecule is O=C1N(Cc2cccc(F)c2)c2ccccc2S(=O)(=O)N1Cc1ccccc1. The Hall–Kier alpha value is -3.19. The minimum absolute atomic E-state index is 0.0573. The normalized spacial score (nSPS) is 15.4. The van der Waals surface area contributed by atoms with E-state index in [-0.39, 0.29) is 18.0 Å². The second kappa shape index (κ2) is 7.09. The summed E-state index contributed by atoms with van der Waals surface area (Å²) < 4.78 is 40.6. The molecule has 3 aromatic carbocycles. The first kappa shape index (κ1) is 18.2. The summed E-state index contributed by atoms with van der Waals surface area (Å²) in [5.41, 5.74) is 1.56. The van der Waals surface area contributed by atoms with E-state index in [4.69, 9.17) is 0 Å². The van der Waals surface area contributed by atoms with Crippen LogP contribution in [0.15, 0.2) is 83.8 Å². The molecule has 0 aromatic heterocycles. The van der Waals surface area contributed by atoms with Gasteiger partial charge in [0.2, 0.25) is 0 Å². The van der Waals surface area contributed by atoms with Crippen LogP contribution in [0.25, 0.3) is 0 Å². The number of hydrogen-bond acceptors (Lipinski definition) is 3. The maximum absolute atomic E-state index is 13.6. The first-order valence-electron chi connectivity index (χ1n) is 8.68. The van der Waals surface area contributed by atoms with E-state index >= 15 is 0 Å². The van der Waals surface area contributed by atoms with Crippen LogP contribution in [0.1, 0.15) is 11.1 Å². The highest BCUT2D eigenvalue weighted by molar-refractivity contribution is 7.90. The first-order chi connectivity index (χ1) is 13.5. The van der Waals surface area contributed by atoms with Crippen molar-refractivity contribution < 1.29 is 17.6 Å². The summed E-state index contributed by atoms with van der Waals surface area (Å²) in [6, 6.07) is 20.5. The van der Waals surface area contributed by atoms with Crippen LogP contribution in [-0.4, -0.2) is 18.8 Å². The van der Waals surface area contributed by atoms with Crippen LogP contribution in [0, 0.1) is 5.82 Å². The van der Waals surface area contributed by atoms with E-state index < -0.39 is 21.9 Å². The molecule has 0 bridgehead atoms. The molecule has 7 heteroatoms. The summed E-state index contributed by atoms with van der Waals surface area (Å²) in [5.74, 6) is -0.413. The van der Waals surface area contributed by atoms with Gasteiger partial charge >= 0.3 is 6.03 Å². The largest absolute Gasteiger partial charge is 0.339 e. The van der Waals surface area contributed by atoms with Gasteiger partial charge in [0.25, 0.3) is 10.0 Å². The lowest BCUT2D eigenvalue weighted by Crippen LogP contribution is -2.49. The van der Waals surface area contributed by atoms with Crippen LogP contribution < -0.4 is 4.90 Å². The smallest absolute Gasteiger partial charge is 0.288 e. The number of sulfonamides is 1. The molecule has 0 N–H and O–H groups in total. The van der Waals surface area contributed by atoms with Gasteiger partial charge < -0.3 is 0 Å². The van der Waals surface area contributed by atoms with Gasteiger partial charge in [0.05, 0.1) is 18.8 Å². The fourth-order valence-electron chi connectivity index (χ4n) is 3.23. The van der Waals surface area contributed by atoms with Gasteiger partial charge in [-0.15, -0.1) is 0 Å². The molecule has 3 aromatic rings. The maximum atomic E-state index is 13.6. The average Bonchev–Trinajstić information content (AvgIpc) is 2.70. The van der Waals surface area contributed by atoms with E-state index in [0.717, 1.165) is 4.31 Å². The lowest BCUT2D eigenvalue weighted by molar-refractivity contribution is 0.226. The summed E-state index contributed by atoms with van der Waals surface area (Å²) in [4.78, 5) is 14.6. The highest BCUT2D eigenvalue weighted by Crippen LogP contribution is 2.36. The zero-order valence-corrected chi connectivity index (χ0v) is 15.6. The van der Waals surface area contributed by atoms with Crippen molar-refractivity contribution in [2.24, 2.45) is 0 Å². The van der Waals surface area contributed by atoms with Gasteiger partial charge in [0, 0.05) is 0 Å². The summed E-state index contributed by atoms with van der Waals surface area (Å²) in [6.07, 6.45) is 0. The number of fused-ring (bicyclic) bond motifs is 1. The van der Waals surface area contributed by atoms with Crippen molar-refractivity contribution in [2.75, 3.05) is 4.90 Å².